The maximum absolute atomic E-state index is 13.4. The van der Waals surface area contributed by atoms with E-state index >= 15 is 0 Å². The van der Waals surface area contributed by atoms with Crippen molar-refractivity contribution >= 4 is 0 Å². The van der Waals surface area contributed by atoms with Crippen LogP contribution in [0.15, 0.2) is 60.8 Å². The van der Waals surface area contributed by atoms with Crippen LogP contribution in [0, 0.1) is 12.7 Å². The number of hydrogen-bond donors (Lipinski definition) is 2. The molecule has 0 aliphatic rings. The zero-order chi connectivity index (χ0) is 21.1. The molecular formula is C23H21FN4O2. The summed E-state index contributed by atoms with van der Waals surface area (Å²) in [5.41, 5.74) is 3.70. The largest absolute Gasteiger partial charge is 0.424 e. The number of aryl methyl sites for hydroxylation is 1. The van der Waals surface area contributed by atoms with Gasteiger partial charge in [0.15, 0.2) is 0 Å². The lowest BCUT2D eigenvalue weighted by Gasteiger charge is -2.07. The van der Waals surface area contributed by atoms with E-state index < -0.39 is 0 Å². The number of H-pyrrole nitrogens is 1. The summed E-state index contributed by atoms with van der Waals surface area (Å²) in [4.78, 5) is 16.6. The lowest BCUT2D eigenvalue weighted by atomic mass is 10.1. The average molecular weight is 404 g/mol. The molecule has 0 radical (unpaired) electrons. The van der Waals surface area contributed by atoms with Gasteiger partial charge in [-0.3, -0.25) is 0 Å². The van der Waals surface area contributed by atoms with Crippen LogP contribution in [0.5, 0.6) is 11.8 Å². The molecule has 6 nitrogen and oxygen atoms in total. The average Bonchev–Trinajstić information content (AvgIpc) is 3.21. The van der Waals surface area contributed by atoms with E-state index in [-0.39, 0.29) is 24.4 Å². The van der Waals surface area contributed by atoms with Crippen molar-refractivity contribution in [2.75, 3.05) is 6.61 Å². The topological polar surface area (TPSA) is 83.9 Å². The monoisotopic (exact) mass is 404 g/mol. The van der Waals surface area contributed by atoms with E-state index in [1.54, 1.807) is 24.4 Å². The number of nitrogens with zero attached hydrogens (tertiary/aromatic N) is 3. The predicted octanol–water partition coefficient (Wildman–Crippen LogP) is 4.87. The Morgan fingerprint density at radius 3 is 2.47 bits per heavy atom. The molecule has 4 rings (SSSR count). The summed E-state index contributed by atoms with van der Waals surface area (Å²) in [6, 6.07) is 15.6. The standard InChI is InChI=1S/C23H21FN4O2/c1-14-3-9-18(10-4-14)30-23-25-12-11-19(26-23)21-20(16-5-7-17(24)8-6-16)27-22(28-21)15(2)13-29/h3-12,15,29H,13H2,1-2H3,(H,27,28). The fourth-order valence-corrected chi connectivity index (χ4v) is 2.95. The highest BCUT2D eigenvalue weighted by Gasteiger charge is 2.19. The first-order chi connectivity index (χ1) is 14.5. The van der Waals surface area contributed by atoms with Crippen molar-refractivity contribution in [1.29, 1.82) is 0 Å². The first-order valence-electron chi connectivity index (χ1n) is 9.58. The van der Waals surface area contributed by atoms with Gasteiger partial charge in [-0.1, -0.05) is 24.6 Å². The molecule has 0 spiro atoms. The molecule has 2 aromatic carbocycles. The van der Waals surface area contributed by atoms with Gasteiger partial charge in [-0.2, -0.15) is 4.98 Å². The zero-order valence-corrected chi connectivity index (χ0v) is 16.6. The van der Waals surface area contributed by atoms with Crippen molar-refractivity contribution < 1.29 is 14.2 Å². The van der Waals surface area contributed by atoms with E-state index in [9.17, 15) is 9.50 Å². The zero-order valence-electron chi connectivity index (χ0n) is 16.6. The van der Waals surface area contributed by atoms with Crippen LogP contribution in [-0.2, 0) is 0 Å². The third-order valence-corrected chi connectivity index (χ3v) is 4.70. The van der Waals surface area contributed by atoms with Crippen LogP contribution in [0.1, 0.15) is 24.2 Å². The number of ether oxygens (including phenoxy) is 1. The molecule has 0 saturated heterocycles. The fourth-order valence-electron chi connectivity index (χ4n) is 2.95. The number of nitrogens with one attached hydrogen (secondary N) is 1. The third kappa shape index (κ3) is 4.21. The Balaban J connectivity index is 1.74. The molecule has 0 aliphatic heterocycles. The molecule has 2 N–H and O–H groups in total. The molecule has 4 aromatic rings. The minimum atomic E-state index is -0.324. The number of hydrogen-bond acceptors (Lipinski definition) is 5. The van der Waals surface area contributed by atoms with E-state index in [1.807, 2.05) is 38.1 Å². The van der Waals surface area contributed by atoms with Crippen LogP contribution in [0.3, 0.4) is 0 Å². The molecule has 0 amide bonds. The molecule has 2 aromatic heterocycles. The lowest BCUT2D eigenvalue weighted by molar-refractivity contribution is 0.269. The normalized spacial score (nSPS) is 12.0. The Morgan fingerprint density at radius 2 is 1.77 bits per heavy atom. The summed E-state index contributed by atoms with van der Waals surface area (Å²) in [6.45, 7) is 3.81. The minimum Gasteiger partial charge on any atom is -0.424 e. The van der Waals surface area contributed by atoms with E-state index in [0.717, 1.165) is 11.1 Å². The van der Waals surface area contributed by atoms with Gasteiger partial charge in [0.05, 0.1) is 23.7 Å². The first kappa shape index (κ1) is 19.7. The lowest BCUT2D eigenvalue weighted by Crippen LogP contribution is -2.01. The number of benzene rings is 2. The van der Waals surface area contributed by atoms with Gasteiger partial charge in [0.25, 0.3) is 0 Å². The number of imidazole rings is 1. The Morgan fingerprint density at radius 1 is 1.03 bits per heavy atom. The van der Waals surface area contributed by atoms with Crippen LogP contribution >= 0.6 is 0 Å². The van der Waals surface area contributed by atoms with Crippen LogP contribution in [-0.4, -0.2) is 31.6 Å². The highest BCUT2D eigenvalue weighted by atomic mass is 19.1. The predicted molar refractivity (Wildman–Crippen MR) is 112 cm³/mol. The molecule has 152 valence electrons. The molecule has 0 aliphatic carbocycles. The maximum Gasteiger partial charge on any atom is 0.322 e. The van der Waals surface area contributed by atoms with Crippen LogP contribution < -0.4 is 4.74 Å². The van der Waals surface area contributed by atoms with E-state index in [4.69, 9.17) is 4.74 Å². The fraction of sp³-hybridized carbons (Fsp3) is 0.174. The molecule has 7 heteroatoms. The van der Waals surface area contributed by atoms with Gasteiger partial charge in [0.1, 0.15) is 17.4 Å². The molecule has 0 bridgehead atoms. The molecule has 30 heavy (non-hydrogen) atoms. The third-order valence-electron chi connectivity index (χ3n) is 4.70. The van der Waals surface area contributed by atoms with Gasteiger partial charge in [0, 0.05) is 17.7 Å². The van der Waals surface area contributed by atoms with Gasteiger partial charge < -0.3 is 14.8 Å². The highest BCUT2D eigenvalue weighted by molar-refractivity contribution is 5.76. The second kappa shape index (κ2) is 8.42. The molecule has 0 fully saturated rings. The highest BCUT2D eigenvalue weighted by Crippen LogP contribution is 2.32. The van der Waals surface area contributed by atoms with Gasteiger partial charge >= 0.3 is 6.01 Å². The second-order valence-corrected chi connectivity index (χ2v) is 7.08. The van der Waals surface area contributed by atoms with Crippen molar-refractivity contribution in [3.05, 3.63) is 78.0 Å². The van der Waals surface area contributed by atoms with Crippen LogP contribution in [0.25, 0.3) is 22.6 Å². The number of aromatic nitrogens is 4. The summed E-state index contributed by atoms with van der Waals surface area (Å²) >= 11 is 0. The Labute approximate surface area is 173 Å². The Kier molecular flexibility index (Phi) is 5.54. The number of aliphatic hydroxyl groups excluding tert-OH is 1. The Bertz CT molecular complexity index is 1140. The van der Waals surface area contributed by atoms with Crippen molar-refractivity contribution in [1.82, 2.24) is 19.9 Å². The molecular weight excluding hydrogens is 383 g/mol. The SMILES string of the molecule is Cc1ccc(Oc2nccc(-c3[nH]c(C(C)CO)nc3-c3ccc(F)cc3)n2)cc1. The van der Waals surface area contributed by atoms with Gasteiger partial charge in [0.2, 0.25) is 0 Å². The van der Waals surface area contributed by atoms with E-state index in [0.29, 0.717) is 28.7 Å². The van der Waals surface area contributed by atoms with E-state index in [1.165, 1.54) is 12.1 Å². The number of aromatic amines is 1. The van der Waals surface area contributed by atoms with Crippen molar-refractivity contribution in [3.63, 3.8) is 0 Å². The summed E-state index contributed by atoms with van der Waals surface area (Å²) in [7, 11) is 0. The molecule has 0 saturated carbocycles. The summed E-state index contributed by atoms with van der Waals surface area (Å²) in [5.74, 6) is 0.737. The summed E-state index contributed by atoms with van der Waals surface area (Å²) < 4.78 is 19.2. The van der Waals surface area contributed by atoms with Gasteiger partial charge in [-0.15, -0.1) is 0 Å². The van der Waals surface area contributed by atoms with Gasteiger partial charge in [-0.05, 0) is 49.4 Å². The number of halogens is 1. The second-order valence-electron chi connectivity index (χ2n) is 7.08. The van der Waals surface area contributed by atoms with Crippen LogP contribution in [0.4, 0.5) is 4.39 Å². The first-order valence-corrected chi connectivity index (χ1v) is 9.58. The van der Waals surface area contributed by atoms with Crippen molar-refractivity contribution in [2.24, 2.45) is 0 Å². The summed E-state index contributed by atoms with van der Waals surface area (Å²) in [5, 5.41) is 9.54. The van der Waals surface area contributed by atoms with Crippen molar-refractivity contribution in [2.45, 2.75) is 19.8 Å². The minimum absolute atomic E-state index is 0.0542. The number of rotatable bonds is 6. The molecule has 1 unspecified atom stereocenters. The van der Waals surface area contributed by atoms with E-state index in [2.05, 4.69) is 19.9 Å². The Hall–Kier alpha value is -3.58. The maximum atomic E-state index is 13.4. The molecule has 2 heterocycles. The molecule has 1 atom stereocenters. The van der Waals surface area contributed by atoms with Crippen molar-refractivity contribution in [3.8, 4) is 34.4 Å². The number of aliphatic hydroxyl groups is 1. The quantitative estimate of drug-likeness (QED) is 0.479. The van der Waals surface area contributed by atoms with Crippen LogP contribution in [0.2, 0.25) is 0 Å². The smallest absolute Gasteiger partial charge is 0.322 e. The van der Waals surface area contributed by atoms with Gasteiger partial charge in [-0.25, -0.2) is 14.4 Å². The summed E-state index contributed by atoms with van der Waals surface area (Å²) in [6.07, 6.45) is 1.61.